The Morgan fingerprint density at radius 3 is 1.63 bits per heavy atom. The average Bonchev–Trinajstić information content (AvgIpc) is 2.43. The Morgan fingerprint density at radius 2 is 1.37 bits per heavy atom. The van der Waals surface area contributed by atoms with Crippen LogP contribution in [0.2, 0.25) is 0 Å². The lowest BCUT2D eigenvalue weighted by atomic mass is 10.4. The summed E-state index contributed by atoms with van der Waals surface area (Å²) in [6, 6.07) is 0. The van der Waals surface area contributed by atoms with E-state index < -0.39 is 7.60 Å². The molecule has 0 aromatic heterocycles. The third-order valence-corrected chi connectivity index (χ3v) is 6.77. The van der Waals surface area contributed by atoms with Gasteiger partial charge in [0.2, 0.25) is 0 Å². The van der Waals surface area contributed by atoms with Gasteiger partial charge >= 0.3 is 7.60 Å². The quantitative estimate of drug-likeness (QED) is 0.375. The highest BCUT2D eigenvalue weighted by Crippen LogP contribution is 2.55. The van der Waals surface area contributed by atoms with Crippen LogP contribution in [0.3, 0.4) is 0 Å². The molecule has 0 aliphatic carbocycles. The number of alkyl halides is 3. The fraction of sp³-hybridized carbons (Fsp3) is 1.00. The molecule has 0 saturated carbocycles. The molecule has 0 fully saturated rings. The van der Waals surface area contributed by atoms with Crippen LogP contribution < -0.4 is 0 Å². The van der Waals surface area contributed by atoms with Crippen molar-refractivity contribution in [1.29, 1.82) is 0 Å². The molecule has 0 radical (unpaired) electrons. The SMILES string of the molecule is CCC(Cl)COP(=O)(OCC(Cl)CC)C(CC)CCl. The molecule has 0 aromatic carbocycles. The van der Waals surface area contributed by atoms with E-state index in [1.54, 1.807) is 0 Å². The van der Waals surface area contributed by atoms with Crippen LogP contribution in [0.5, 0.6) is 0 Å². The van der Waals surface area contributed by atoms with Gasteiger partial charge in [-0.25, -0.2) is 0 Å². The maximum absolute atomic E-state index is 12.8. The molecule has 3 atom stereocenters. The fourth-order valence-electron chi connectivity index (χ4n) is 1.27. The first-order valence-corrected chi connectivity index (χ1v) is 9.68. The number of hydrogen-bond donors (Lipinski definition) is 0. The van der Waals surface area contributed by atoms with Crippen LogP contribution in [0.1, 0.15) is 40.0 Å². The minimum atomic E-state index is -3.26. The summed E-state index contributed by atoms with van der Waals surface area (Å²) in [7, 11) is -3.26. The van der Waals surface area contributed by atoms with Crippen LogP contribution in [0, 0.1) is 0 Å². The monoisotopic (exact) mass is 352 g/mol. The zero-order valence-corrected chi connectivity index (χ0v) is 14.9. The number of rotatable bonds is 11. The summed E-state index contributed by atoms with van der Waals surface area (Å²) in [6.45, 7) is 6.18. The summed E-state index contributed by atoms with van der Waals surface area (Å²) in [6.07, 6.45) is 2.11. The van der Waals surface area contributed by atoms with Crippen molar-refractivity contribution in [2.24, 2.45) is 0 Å². The maximum atomic E-state index is 12.8. The first-order chi connectivity index (χ1) is 8.93. The molecular formula is C12H24Cl3O3P. The molecule has 0 heterocycles. The minimum Gasteiger partial charge on any atom is -0.307 e. The molecule has 116 valence electrons. The van der Waals surface area contributed by atoms with Gasteiger partial charge in [0.15, 0.2) is 0 Å². The summed E-state index contributed by atoms with van der Waals surface area (Å²) in [4.78, 5) is 0. The van der Waals surface area contributed by atoms with E-state index in [2.05, 4.69) is 0 Å². The second-order valence-corrected chi connectivity index (χ2v) is 8.23. The molecular weight excluding hydrogens is 329 g/mol. The van der Waals surface area contributed by atoms with Crippen LogP contribution >= 0.6 is 42.4 Å². The standard InChI is InChI=1S/C12H24Cl3O3P/c1-4-10(14)8-17-19(16,12(6-3)7-13)18-9-11(15)5-2/h10-12H,4-9H2,1-3H3. The summed E-state index contributed by atoms with van der Waals surface area (Å²) >= 11 is 17.8. The van der Waals surface area contributed by atoms with Crippen LogP contribution in [0.25, 0.3) is 0 Å². The lowest BCUT2D eigenvalue weighted by Gasteiger charge is -2.26. The van der Waals surface area contributed by atoms with E-state index in [0.29, 0.717) is 6.42 Å². The Balaban J connectivity index is 4.66. The van der Waals surface area contributed by atoms with E-state index in [1.807, 2.05) is 20.8 Å². The number of hydrogen-bond acceptors (Lipinski definition) is 3. The molecule has 0 aromatic rings. The van der Waals surface area contributed by atoms with Gasteiger partial charge in [0.05, 0.1) is 29.6 Å². The highest BCUT2D eigenvalue weighted by molar-refractivity contribution is 7.54. The molecule has 3 unspecified atom stereocenters. The third kappa shape index (κ3) is 7.55. The smallest absolute Gasteiger partial charge is 0.307 e. The van der Waals surface area contributed by atoms with Crippen molar-refractivity contribution in [3.05, 3.63) is 0 Å². The van der Waals surface area contributed by atoms with Gasteiger partial charge in [-0.3, -0.25) is 4.57 Å². The Hall–Kier alpha value is 1.02. The van der Waals surface area contributed by atoms with E-state index in [1.165, 1.54) is 0 Å². The van der Waals surface area contributed by atoms with Crippen molar-refractivity contribution in [1.82, 2.24) is 0 Å². The minimum absolute atomic E-state index is 0.178. The molecule has 0 saturated heterocycles. The van der Waals surface area contributed by atoms with E-state index in [4.69, 9.17) is 43.9 Å². The summed E-state index contributed by atoms with van der Waals surface area (Å²) in [5, 5.41) is -0.356. The van der Waals surface area contributed by atoms with Crippen molar-refractivity contribution in [2.45, 2.75) is 56.4 Å². The van der Waals surface area contributed by atoms with Crippen molar-refractivity contribution in [2.75, 3.05) is 19.1 Å². The summed E-state index contributed by atoms with van der Waals surface area (Å²) < 4.78 is 23.7. The molecule has 3 nitrogen and oxygen atoms in total. The largest absolute Gasteiger partial charge is 0.335 e. The van der Waals surface area contributed by atoms with Gasteiger partial charge in [-0.1, -0.05) is 20.8 Å². The lowest BCUT2D eigenvalue weighted by molar-refractivity contribution is 0.195. The molecule has 0 amide bonds. The topological polar surface area (TPSA) is 35.5 Å². The van der Waals surface area contributed by atoms with Gasteiger partial charge in [-0.15, -0.1) is 34.8 Å². The van der Waals surface area contributed by atoms with Crippen LogP contribution in [0.15, 0.2) is 0 Å². The Labute approximate surface area is 131 Å². The van der Waals surface area contributed by atoms with Gasteiger partial charge in [-0.05, 0) is 19.3 Å². The van der Waals surface area contributed by atoms with Gasteiger partial charge < -0.3 is 9.05 Å². The van der Waals surface area contributed by atoms with Gasteiger partial charge in [0.1, 0.15) is 0 Å². The number of halogens is 3. The van der Waals surface area contributed by atoms with Gasteiger partial charge in [0, 0.05) is 5.88 Å². The van der Waals surface area contributed by atoms with Crippen molar-refractivity contribution in [3.63, 3.8) is 0 Å². The van der Waals surface area contributed by atoms with Gasteiger partial charge in [0.25, 0.3) is 0 Å². The van der Waals surface area contributed by atoms with E-state index >= 15 is 0 Å². The maximum Gasteiger partial charge on any atom is 0.335 e. The highest BCUT2D eigenvalue weighted by atomic mass is 35.5. The van der Waals surface area contributed by atoms with E-state index in [0.717, 1.165) is 12.8 Å². The normalized spacial score (nSPS) is 19.7. The Bertz CT molecular complexity index is 257. The molecule has 7 heteroatoms. The molecule has 0 rings (SSSR count). The Morgan fingerprint density at radius 1 is 0.947 bits per heavy atom. The van der Waals surface area contributed by atoms with Crippen LogP contribution in [0.4, 0.5) is 0 Å². The van der Waals surface area contributed by atoms with Crippen molar-refractivity contribution >= 4 is 42.4 Å². The second kappa shape index (κ2) is 10.7. The Kier molecular flexibility index (Phi) is 11.3. The molecule has 0 aliphatic heterocycles. The van der Waals surface area contributed by atoms with Crippen LogP contribution in [-0.4, -0.2) is 35.5 Å². The summed E-state index contributed by atoms with van der Waals surface area (Å²) in [5.41, 5.74) is -0.324. The van der Waals surface area contributed by atoms with Crippen LogP contribution in [-0.2, 0) is 13.6 Å². The predicted molar refractivity (Wildman–Crippen MR) is 84.2 cm³/mol. The molecule has 0 spiro atoms. The zero-order valence-electron chi connectivity index (χ0n) is 11.8. The average molecular weight is 354 g/mol. The zero-order chi connectivity index (χ0) is 14.9. The van der Waals surface area contributed by atoms with Crippen molar-refractivity contribution in [3.8, 4) is 0 Å². The highest BCUT2D eigenvalue weighted by Gasteiger charge is 2.35. The molecule has 19 heavy (non-hydrogen) atoms. The second-order valence-electron chi connectivity index (χ2n) is 4.36. The third-order valence-electron chi connectivity index (χ3n) is 2.85. The predicted octanol–water partition coefficient (Wildman–Crippen LogP) is 5.26. The van der Waals surface area contributed by atoms with E-state index in [-0.39, 0.29) is 35.5 Å². The molecule has 0 N–H and O–H groups in total. The first kappa shape index (κ1) is 20.0. The molecule has 0 aliphatic rings. The lowest BCUT2D eigenvalue weighted by Crippen LogP contribution is -2.19. The fourth-order valence-corrected chi connectivity index (χ4v) is 4.19. The summed E-state index contributed by atoms with van der Waals surface area (Å²) in [5.74, 6) is 0.228. The van der Waals surface area contributed by atoms with E-state index in [9.17, 15) is 4.57 Å². The van der Waals surface area contributed by atoms with Gasteiger partial charge in [-0.2, -0.15) is 0 Å². The first-order valence-electron chi connectivity index (χ1n) is 6.66. The van der Waals surface area contributed by atoms with Crippen molar-refractivity contribution < 1.29 is 13.6 Å². The molecule has 0 bridgehead atoms.